The first-order valence-electron chi connectivity index (χ1n) is 5.26. The van der Waals surface area contributed by atoms with Gasteiger partial charge in [-0.3, -0.25) is 9.59 Å². The molecule has 96 valence electrons. The number of pyridine rings is 1. The van der Waals surface area contributed by atoms with Crippen molar-refractivity contribution in [3.05, 3.63) is 21.9 Å². The van der Waals surface area contributed by atoms with E-state index in [0.29, 0.717) is 17.7 Å². The second-order valence-corrected chi connectivity index (χ2v) is 4.95. The Kier molecular flexibility index (Phi) is 3.45. The summed E-state index contributed by atoms with van der Waals surface area (Å²) in [5, 5.41) is 11.7. The molecule has 1 aliphatic carbocycles. The van der Waals surface area contributed by atoms with E-state index in [1.807, 2.05) is 0 Å². The van der Waals surface area contributed by atoms with E-state index in [0.717, 1.165) is 0 Å². The molecule has 0 unspecified atom stereocenters. The summed E-state index contributed by atoms with van der Waals surface area (Å²) in [6.07, 6.45) is 0.360. The van der Waals surface area contributed by atoms with Crippen LogP contribution in [-0.2, 0) is 9.59 Å². The Morgan fingerprint density at radius 2 is 2.11 bits per heavy atom. The number of carbonyl (C=O) groups excluding carboxylic acids is 1. The number of carboxylic acid groups (broad SMARTS) is 1. The van der Waals surface area contributed by atoms with E-state index in [2.05, 4.69) is 10.3 Å². The predicted molar refractivity (Wildman–Crippen MR) is 66.9 cm³/mol. The fraction of sp³-hybridized carbons (Fsp3) is 0.364. The number of carbonyl (C=O) groups is 2. The molecule has 1 saturated carbocycles. The van der Waals surface area contributed by atoms with Gasteiger partial charge in [-0.1, -0.05) is 23.2 Å². The zero-order valence-corrected chi connectivity index (χ0v) is 10.9. The van der Waals surface area contributed by atoms with E-state index in [-0.39, 0.29) is 16.2 Å². The summed E-state index contributed by atoms with van der Waals surface area (Å²) in [6.45, 7) is 1.73. The fourth-order valence-electron chi connectivity index (χ4n) is 1.72. The monoisotopic (exact) mass is 288 g/mol. The van der Waals surface area contributed by atoms with Gasteiger partial charge in [0.25, 0.3) is 0 Å². The Bertz CT molecular complexity index is 510. The minimum Gasteiger partial charge on any atom is -0.481 e. The number of aliphatic carboxylic acids is 1. The lowest BCUT2D eigenvalue weighted by molar-refractivity contribution is -0.139. The van der Waals surface area contributed by atoms with Crippen LogP contribution in [0.3, 0.4) is 0 Å². The molecule has 1 aromatic rings. The van der Waals surface area contributed by atoms with Crippen LogP contribution < -0.4 is 5.32 Å². The molecule has 0 aromatic carbocycles. The van der Waals surface area contributed by atoms with Crippen molar-refractivity contribution in [1.29, 1.82) is 0 Å². The van der Waals surface area contributed by atoms with E-state index in [1.165, 1.54) is 0 Å². The largest absolute Gasteiger partial charge is 0.481 e. The Hall–Kier alpha value is -1.33. The maximum atomic E-state index is 11.8. The van der Waals surface area contributed by atoms with Gasteiger partial charge < -0.3 is 10.4 Å². The molecule has 1 fully saturated rings. The van der Waals surface area contributed by atoms with Crippen LogP contribution in [0.1, 0.15) is 12.0 Å². The molecule has 0 saturated heterocycles. The summed E-state index contributed by atoms with van der Waals surface area (Å²) in [4.78, 5) is 26.3. The molecule has 5 nitrogen and oxygen atoms in total. The van der Waals surface area contributed by atoms with Gasteiger partial charge in [-0.2, -0.15) is 0 Å². The van der Waals surface area contributed by atoms with Crippen LogP contribution in [0.2, 0.25) is 10.3 Å². The highest BCUT2D eigenvalue weighted by Gasteiger charge is 2.48. The summed E-state index contributed by atoms with van der Waals surface area (Å²) in [5.74, 6) is -2.39. The number of amides is 1. The highest BCUT2D eigenvalue weighted by molar-refractivity contribution is 6.34. The van der Waals surface area contributed by atoms with Crippen LogP contribution in [-0.4, -0.2) is 22.0 Å². The van der Waals surface area contributed by atoms with Gasteiger partial charge >= 0.3 is 5.97 Å². The molecule has 0 aliphatic heterocycles. The molecule has 0 spiro atoms. The number of nitrogens with one attached hydrogen (secondary N) is 1. The van der Waals surface area contributed by atoms with Crippen LogP contribution in [0.15, 0.2) is 6.07 Å². The van der Waals surface area contributed by atoms with Crippen LogP contribution >= 0.6 is 23.2 Å². The van der Waals surface area contributed by atoms with Gasteiger partial charge in [0.15, 0.2) is 5.15 Å². The van der Waals surface area contributed by atoms with Crippen LogP contribution in [0, 0.1) is 18.8 Å². The Morgan fingerprint density at radius 3 is 2.61 bits per heavy atom. The molecular weight excluding hydrogens is 279 g/mol. The van der Waals surface area contributed by atoms with Gasteiger partial charge in [0, 0.05) is 0 Å². The number of hydrogen-bond donors (Lipinski definition) is 2. The zero-order chi connectivity index (χ0) is 13.4. The molecule has 1 aliphatic rings. The zero-order valence-electron chi connectivity index (χ0n) is 9.41. The van der Waals surface area contributed by atoms with Crippen LogP contribution in [0.25, 0.3) is 0 Å². The van der Waals surface area contributed by atoms with Gasteiger partial charge in [-0.25, -0.2) is 4.98 Å². The van der Waals surface area contributed by atoms with Gasteiger partial charge in [0.2, 0.25) is 5.91 Å². The van der Waals surface area contributed by atoms with E-state index in [4.69, 9.17) is 28.3 Å². The summed E-state index contributed by atoms with van der Waals surface area (Å²) in [7, 11) is 0. The van der Waals surface area contributed by atoms with Crippen molar-refractivity contribution in [2.45, 2.75) is 13.3 Å². The molecule has 2 atom stereocenters. The van der Waals surface area contributed by atoms with Crippen molar-refractivity contribution >= 4 is 40.8 Å². The molecule has 1 amide bonds. The molecule has 1 aromatic heterocycles. The summed E-state index contributed by atoms with van der Waals surface area (Å²) in [5.41, 5.74) is 1.06. The molecule has 2 rings (SSSR count). The Morgan fingerprint density at radius 1 is 1.44 bits per heavy atom. The highest BCUT2D eigenvalue weighted by Crippen LogP contribution is 2.40. The standard InChI is InChI=1S/C11H10Cl2N2O3/c1-4-2-7(12)14-9(13)8(4)15-10(16)5-3-6(5)11(17)18/h2,5-6H,3H2,1H3,(H,15,16)(H,17,18)/t5-,6+/m1/s1. The normalized spacial score (nSPS) is 21.5. The topological polar surface area (TPSA) is 79.3 Å². The SMILES string of the molecule is Cc1cc(Cl)nc(Cl)c1NC(=O)[C@@H]1C[C@@H]1C(=O)O. The predicted octanol–water partition coefficient (Wildman–Crippen LogP) is 2.36. The van der Waals surface area contributed by atoms with E-state index >= 15 is 0 Å². The number of hydrogen-bond acceptors (Lipinski definition) is 3. The first-order chi connectivity index (χ1) is 8.40. The molecule has 2 N–H and O–H groups in total. The van der Waals surface area contributed by atoms with Crippen LogP contribution in [0.4, 0.5) is 5.69 Å². The van der Waals surface area contributed by atoms with Gasteiger partial charge in [-0.15, -0.1) is 0 Å². The molecule has 0 radical (unpaired) electrons. The average Bonchev–Trinajstić information content (AvgIpc) is 3.02. The lowest BCUT2D eigenvalue weighted by Crippen LogP contribution is -2.18. The Balaban J connectivity index is 2.11. The van der Waals surface area contributed by atoms with Gasteiger partial charge in [0.1, 0.15) is 5.15 Å². The van der Waals surface area contributed by atoms with Gasteiger partial charge in [-0.05, 0) is 25.0 Å². The maximum Gasteiger partial charge on any atom is 0.307 e. The molecular formula is C11H10Cl2N2O3. The summed E-state index contributed by atoms with van der Waals surface area (Å²) >= 11 is 11.6. The molecule has 1 heterocycles. The Labute approximate surface area is 113 Å². The molecule has 0 bridgehead atoms. The first kappa shape index (κ1) is 13.1. The fourth-order valence-corrected chi connectivity index (χ4v) is 2.30. The lowest BCUT2D eigenvalue weighted by atomic mass is 10.2. The lowest BCUT2D eigenvalue weighted by Gasteiger charge is -2.09. The number of aryl methyl sites for hydroxylation is 1. The number of nitrogens with zero attached hydrogens (tertiary/aromatic N) is 1. The van der Waals surface area contributed by atoms with Gasteiger partial charge in [0.05, 0.1) is 17.5 Å². The number of aromatic nitrogens is 1. The second-order valence-electron chi connectivity index (χ2n) is 4.20. The van der Waals surface area contributed by atoms with Crippen molar-refractivity contribution in [2.24, 2.45) is 11.8 Å². The maximum absolute atomic E-state index is 11.8. The number of rotatable bonds is 3. The quantitative estimate of drug-likeness (QED) is 0.837. The minimum atomic E-state index is -0.952. The smallest absolute Gasteiger partial charge is 0.307 e. The average molecular weight is 289 g/mol. The third-order valence-electron chi connectivity index (χ3n) is 2.83. The minimum absolute atomic E-state index is 0.0980. The van der Waals surface area contributed by atoms with E-state index in [1.54, 1.807) is 13.0 Å². The third-order valence-corrected chi connectivity index (χ3v) is 3.30. The van der Waals surface area contributed by atoms with Crippen molar-refractivity contribution in [3.63, 3.8) is 0 Å². The van der Waals surface area contributed by atoms with E-state index in [9.17, 15) is 9.59 Å². The number of carboxylic acids is 1. The van der Waals surface area contributed by atoms with Crippen molar-refractivity contribution in [1.82, 2.24) is 4.98 Å². The molecule has 7 heteroatoms. The second kappa shape index (κ2) is 4.74. The number of anilines is 1. The van der Waals surface area contributed by atoms with Crippen molar-refractivity contribution in [3.8, 4) is 0 Å². The molecule has 18 heavy (non-hydrogen) atoms. The van der Waals surface area contributed by atoms with Crippen molar-refractivity contribution in [2.75, 3.05) is 5.32 Å². The highest BCUT2D eigenvalue weighted by atomic mass is 35.5. The van der Waals surface area contributed by atoms with E-state index < -0.39 is 17.8 Å². The number of halogens is 2. The van der Waals surface area contributed by atoms with Crippen molar-refractivity contribution < 1.29 is 14.7 Å². The first-order valence-corrected chi connectivity index (χ1v) is 6.02. The summed E-state index contributed by atoms with van der Waals surface area (Å²) in [6, 6.07) is 1.57. The van der Waals surface area contributed by atoms with Crippen LogP contribution in [0.5, 0.6) is 0 Å². The summed E-state index contributed by atoms with van der Waals surface area (Å²) < 4.78 is 0. The third kappa shape index (κ3) is 2.57.